The molecule has 116 valence electrons. The molecule has 0 aliphatic carbocycles. The van der Waals surface area contributed by atoms with Crippen LogP contribution < -0.4 is 10.1 Å². The first-order valence-electron chi connectivity index (χ1n) is 7.64. The average Bonchev–Trinajstić information content (AvgIpc) is 2.54. The summed E-state index contributed by atoms with van der Waals surface area (Å²) in [5, 5.41) is 2.67. The molecule has 0 aromatic heterocycles. The van der Waals surface area contributed by atoms with Crippen molar-refractivity contribution < 1.29 is 9.53 Å². The number of para-hydroxylation sites is 1. The fourth-order valence-corrected chi connectivity index (χ4v) is 2.48. The van der Waals surface area contributed by atoms with Gasteiger partial charge in [-0.25, -0.2) is 0 Å². The van der Waals surface area contributed by atoms with E-state index in [1.807, 2.05) is 30.3 Å². The molecule has 2 aromatic carbocycles. The lowest BCUT2D eigenvalue weighted by atomic mass is 10.00. The predicted octanol–water partition coefficient (Wildman–Crippen LogP) is 3.42. The Hall–Kier alpha value is -2.29. The highest BCUT2D eigenvalue weighted by atomic mass is 16.5. The number of hydrogen-bond donors (Lipinski definition) is 1. The lowest BCUT2D eigenvalue weighted by Gasteiger charge is -2.15. The first kappa shape index (κ1) is 16.1. The third kappa shape index (κ3) is 3.88. The molecule has 0 heterocycles. The van der Waals surface area contributed by atoms with Crippen molar-refractivity contribution in [3.8, 4) is 5.75 Å². The number of carbonyl (C=O) groups is 1. The molecule has 3 heteroatoms. The van der Waals surface area contributed by atoms with E-state index in [0.717, 1.165) is 28.9 Å². The SMILES string of the molecule is CCc1ccccc1OCc1c(C)cccc1CC(=O)NC. The van der Waals surface area contributed by atoms with Crippen molar-refractivity contribution >= 4 is 5.91 Å². The zero-order valence-electron chi connectivity index (χ0n) is 13.5. The van der Waals surface area contributed by atoms with Crippen LogP contribution in [0.1, 0.15) is 29.2 Å². The van der Waals surface area contributed by atoms with E-state index in [-0.39, 0.29) is 5.91 Å². The van der Waals surface area contributed by atoms with Crippen molar-refractivity contribution in [3.05, 3.63) is 64.7 Å². The van der Waals surface area contributed by atoms with Gasteiger partial charge in [0, 0.05) is 7.05 Å². The first-order chi connectivity index (χ1) is 10.7. The van der Waals surface area contributed by atoms with Gasteiger partial charge < -0.3 is 10.1 Å². The van der Waals surface area contributed by atoms with E-state index in [0.29, 0.717) is 13.0 Å². The van der Waals surface area contributed by atoms with Crippen LogP contribution in [0.5, 0.6) is 5.75 Å². The number of benzene rings is 2. The molecule has 0 spiro atoms. The van der Waals surface area contributed by atoms with Gasteiger partial charge in [0.25, 0.3) is 0 Å². The largest absolute Gasteiger partial charge is 0.489 e. The van der Waals surface area contributed by atoms with E-state index in [1.54, 1.807) is 7.05 Å². The van der Waals surface area contributed by atoms with Crippen LogP contribution in [0.15, 0.2) is 42.5 Å². The van der Waals surface area contributed by atoms with E-state index in [9.17, 15) is 4.79 Å². The van der Waals surface area contributed by atoms with Gasteiger partial charge >= 0.3 is 0 Å². The van der Waals surface area contributed by atoms with Gasteiger partial charge in [-0.05, 0) is 41.7 Å². The van der Waals surface area contributed by atoms with Gasteiger partial charge in [0.1, 0.15) is 12.4 Å². The molecule has 0 atom stereocenters. The third-order valence-corrected chi connectivity index (χ3v) is 3.86. The highest BCUT2D eigenvalue weighted by Crippen LogP contribution is 2.22. The highest BCUT2D eigenvalue weighted by Gasteiger charge is 2.10. The zero-order chi connectivity index (χ0) is 15.9. The van der Waals surface area contributed by atoms with Gasteiger partial charge in [0.15, 0.2) is 0 Å². The molecule has 0 aliphatic rings. The van der Waals surface area contributed by atoms with Crippen LogP contribution in [-0.4, -0.2) is 13.0 Å². The maximum absolute atomic E-state index is 11.7. The monoisotopic (exact) mass is 297 g/mol. The Labute approximate surface area is 132 Å². The Kier molecular flexibility index (Phi) is 5.59. The van der Waals surface area contributed by atoms with Crippen LogP contribution in [0.2, 0.25) is 0 Å². The van der Waals surface area contributed by atoms with Crippen molar-refractivity contribution in [2.24, 2.45) is 0 Å². The van der Waals surface area contributed by atoms with Crippen LogP contribution in [0.4, 0.5) is 0 Å². The third-order valence-electron chi connectivity index (χ3n) is 3.86. The minimum absolute atomic E-state index is 0.0146. The fourth-order valence-electron chi connectivity index (χ4n) is 2.48. The first-order valence-corrected chi connectivity index (χ1v) is 7.64. The van der Waals surface area contributed by atoms with E-state index < -0.39 is 0 Å². The maximum Gasteiger partial charge on any atom is 0.224 e. The van der Waals surface area contributed by atoms with Crippen LogP contribution in [0.25, 0.3) is 0 Å². The summed E-state index contributed by atoms with van der Waals surface area (Å²) in [6, 6.07) is 14.1. The highest BCUT2D eigenvalue weighted by molar-refractivity contribution is 5.78. The Bertz CT molecular complexity index is 650. The Morgan fingerprint density at radius 1 is 1.09 bits per heavy atom. The molecule has 0 unspecified atom stereocenters. The van der Waals surface area contributed by atoms with Crippen LogP contribution in [0.3, 0.4) is 0 Å². The van der Waals surface area contributed by atoms with Gasteiger partial charge in [-0.2, -0.15) is 0 Å². The number of aryl methyl sites for hydroxylation is 2. The second kappa shape index (κ2) is 7.64. The van der Waals surface area contributed by atoms with E-state index >= 15 is 0 Å². The molecule has 22 heavy (non-hydrogen) atoms. The zero-order valence-corrected chi connectivity index (χ0v) is 13.5. The van der Waals surface area contributed by atoms with Crippen molar-refractivity contribution in [1.82, 2.24) is 5.32 Å². The second-order valence-electron chi connectivity index (χ2n) is 5.31. The molecule has 1 N–H and O–H groups in total. The average molecular weight is 297 g/mol. The Morgan fingerprint density at radius 2 is 1.82 bits per heavy atom. The van der Waals surface area contributed by atoms with Crippen LogP contribution >= 0.6 is 0 Å². The number of nitrogens with one attached hydrogen (secondary N) is 1. The van der Waals surface area contributed by atoms with E-state index in [4.69, 9.17) is 4.74 Å². The molecule has 0 fully saturated rings. The minimum Gasteiger partial charge on any atom is -0.489 e. The molecule has 2 rings (SSSR count). The smallest absolute Gasteiger partial charge is 0.224 e. The van der Waals surface area contributed by atoms with Gasteiger partial charge in [-0.3, -0.25) is 4.79 Å². The number of amides is 1. The van der Waals surface area contributed by atoms with Crippen molar-refractivity contribution in [2.45, 2.75) is 33.3 Å². The second-order valence-corrected chi connectivity index (χ2v) is 5.31. The van der Waals surface area contributed by atoms with Crippen LogP contribution in [0, 0.1) is 6.92 Å². The number of hydrogen-bond acceptors (Lipinski definition) is 2. The fraction of sp³-hybridized carbons (Fsp3) is 0.316. The van der Waals surface area contributed by atoms with Gasteiger partial charge in [0.05, 0.1) is 6.42 Å². The van der Waals surface area contributed by atoms with Crippen molar-refractivity contribution in [2.75, 3.05) is 7.05 Å². The summed E-state index contributed by atoms with van der Waals surface area (Å²) in [7, 11) is 1.66. The Morgan fingerprint density at radius 3 is 2.55 bits per heavy atom. The predicted molar refractivity (Wildman–Crippen MR) is 89.1 cm³/mol. The van der Waals surface area contributed by atoms with E-state index in [1.165, 1.54) is 5.56 Å². The van der Waals surface area contributed by atoms with E-state index in [2.05, 4.69) is 31.3 Å². The minimum atomic E-state index is 0.0146. The normalized spacial score (nSPS) is 10.3. The molecular formula is C19H23NO2. The van der Waals surface area contributed by atoms with Crippen LogP contribution in [-0.2, 0) is 24.2 Å². The quantitative estimate of drug-likeness (QED) is 0.887. The van der Waals surface area contributed by atoms with Crippen molar-refractivity contribution in [1.29, 1.82) is 0 Å². The number of likely N-dealkylation sites (N-methyl/N-ethyl adjacent to an activating group) is 1. The molecule has 3 nitrogen and oxygen atoms in total. The summed E-state index contributed by atoms with van der Waals surface area (Å²) < 4.78 is 6.02. The topological polar surface area (TPSA) is 38.3 Å². The summed E-state index contributed by atoms with van der Waals surface area (Å²) >= 11 is 0. The molecule has 0 radical (unpaired) electrons. The summed E-state index contributed by atoms with van der Waals surface area (Å²) in [5.41, 5.74) is 4.46. The number of carbonyl (C=O) groups excluding carboxylic acids is 1. The van der Waals surface area contributed by atoms with Gasteiger partial charge in [-0.15, -0.1) is 0 Å². The molecule has 0 saturated heterocycles. The number of rotatable bonds is 6. The lowest BCUT2D eigenvalue weighted by Crippen LogP contribution is -2.21. The molecule has 1 amide bonds. The Balaban J connectivity index is 2.20. The maximum atomic E-state index is 11.7. The summed E-state index contributed by atoms with van der Waals surface area (Å²) in [5.74, 6) is 0.931. The standard InChI is InChI=1S/C19H23NO2/c1-4-15-9-5-6-11-18(15)22-13-17-14(2)8-7-10-16(17)12-19(21)20-3/h5-11H,4,12-13H2,1-3H3,(H,20,21). The summed E-state index contributed by atoms with van der Waals surface area (Å²) in [6.45, 7) is 4.65. The summed E-state index contributed by atoms with van der Waals surface area (Å²) in [4.78, 5) is 11.7. The van der Waals surface area contributed by atoms with Crippen molar-refractivity contribution in [3.63, 3.8) is 0 Å². The number of ether oxygens (including phenoxy) is 1. The molecule has 0 bridgehead atoms. The molecule has 0 saturated carbocycles. The van der Waals surface area contributed by atoms with Gasteiger partial charge in [0.2, 0.25) is 5.91 Å². The summed E-state index contributed by atoms with van der Waals surface area (Å²) in [6.07, 6.45) is 1.32. The molecule has 2 aromatic rings. The van der Waals surface area contributed by atoms with Gasteiger partial charge in [-0.1, -0.05) is 43.3 Å². The molecular weight excluding hydrogens is 274 g/mol. The lowest BCUT2D eigenvalue weighted by molar-refractivity contribution is -0.119. The molecule has 0 aliphatic heterocycles.